The van der Waals surface area contributed by atoms with E-state index in [2.05, 4.69) is 30.4 Å². The topological polar surface area (TPSA) is 128 Å². The lowest BCUT2D eigenvalue weighted by molar-refractivity contribution is 0.229. The molecule has 0 radical (unpaired) electrons. The van der Waals surface area contributed by atoms with E-state index >= 15 is 0 Å². The first-order valence-electron chi connectivity index (χ1n) is 6.40. The van der Waals surface area contributed by atoms with Crippen molar-refractivity contribution < 1.29 is 5.11 Å². The molecule has 0 saturated heterocycles. The summed E-state index contributed by atoms with van der Waals surface area (Å²) in [7, 11) is 0. The van der Waals surface area contributed by atoms with Crippen molar-refractivity contribution in [2.75, 3.05) is 24.2 Å². The van der Waals surface area contributed by atoms with Crippen LogP contribution in [0.15, 0.2) is 12.7 Å². The second-order valence-corrected chi connectivity index (χ2v) is 4.51. The van der Waals surface area contributed by atoms with Gasteiger partial charge in [0.1, 0.15) is 12.7 Å². The lowest BCUT2D eigenvalue weighted by Crippen LogP contribution is -2.13. The minimum Gasteiger partial charge on any atom is -0.396 e. The van der Waals surface area contributed by atoms with Crippen LogP contribution in [0.3, 0.4) is 0 Å². The van der Waals surface area contributed by atoms with Gasteiger partial charge in [0.05, 0.1) is 0 Å². The molecule has 2 rings (SSSR count). The number of aliphatic hydroxyl groups excluding tert-OH is 1. The molecule has 0 saturated carbocycles. The molecule has 9 heteroatoms. The number of hydrogen-bond donors (Lipinski definition) is 3. The van der Waals surface area contributed by atoms with Crippen molar-refractivity contribution in [2.45, 2.75) is 19.8 Å². The van der Waals surface area contributed by atoms with Crippen molar-refractivity contribution in [3.05, 3.63) is 12.7 Å². The van der Waals surface area contributed by atoms with Crippen molar-refractivity contribution in [1.29, 1.82) is 0 Å². The first-order valence-corrected chi connectivity index (χ1v) is 6.40. The number of anilines is 2. The lowest BCUT2D eigenvalue weighted by Gasteiger charge is -2.09. The molecule has 20 heavy (non-hydrogen) atoms. The molecule has 108 valence electrons. The number of nitrogens with one attached hydrogen (secondary N) is 1. The molecule has 0 bridgehead atoms. The van der Waals surface area contributed by atoms with Gasteiger partial charge in [0.15, 0.2) is 0 Å². The van der Waals surface area contributed by atoms with Gasteiger partial charge in [-0.3, -0.25) is 0 Å². The highest BCUT2D eigenvalue weighted by Crippen LogP contribution is 2.07. The van der Waals surface area contributed by atoms with Gasteiger partial charge in [0.25, 0.3) is 5.95 Å². The number of rotatable bonds is 7. The summed E-state index contributed by atoms with van der Waals surface area (Å²) in [4.78, 5) is 16.0. The van der Waals surface area contributed by atoms with E-state index in [1.54, 1.807) is 0 Å². The molecule has 0 aromatic carbocycles. The fraction of sp³-hybridized carbons (Fsp3) is 0.545. The average Bonchev–Trinajstić information content (AvgIpc) is 2.97. The van der Waals surface area contributed by atoms with Crippen LogP contribution in [0.1, 0.15) is 19.8 Å². The van der Waals surface area contributed by atoms with Crippen molar-refractivity contribution in [3.63, 3.8) is 0 Å². The van der Waals surface area contributed by atoms with Crippen LogP contribution in [0, 0.1) is 5.92 Å². The molecule has 1 atom stereocenters. The molecular weight excluding hydrogens is 260 g/mol. The molecule has 2 aromatic heterocycles. The number of nitrogens with two attached hydrogens (primary N) is 1. The summed E-state index contributed by atoms with van der Waals surface area (Å²) in [6.07, 6.45) is 4.72. The van der Waals surface area contributed by atoms with Crippen LogP contribution in [-0.2, 0) is 0 Å². The third kappa shape index (κ3) is 3.85. The smallest absolute Gasteiger partial charge is 0.258 e. The largest absolute Gasteiger partial charge is 0.396 e. The van der Waals surface area contributed by atoms with Gasteiger partial charge in [0, 0.05) is 13.2 Å². The number of nitrogens with zero attached hydrogens (tertiary/aromatic N) is 6. The highest BCUT2D eigenvalue weighted by molar-refractivity contribution is 5.34. The molecule has 0 spiro atoms. The summed E-state index contributed by atoms with van der Waals surface area (Å²) in [6.45, 7) is 2.91. The summed E-state index contributed by atoms with van der Waals surface area (Å²) in [5, 5.41) is 16.0. The summed E-state index contributed by atoms with van der Waals surface area (Å²) < 4.78 is 1.41. The summed E-state index contributed by atoms with van der Waals surface area (Å²) in [5.41, 5.74) is 5.64. The quantitative estimate of drug-likeness (QED) is 0.597. The Bertz CT molecular complexity index is 529. The summed E-state index contributed by atoms with van der Waals surface area (Å²) in [6, 6.07) is 0. The lowest BCUT2D eigenvalue weighted by atomic mass is 10.1. The van der Waals surface area contributed by atoms with Gasteiger partial charge in [-0.15, -0.1) is 0 Å². The Labute approximate surface area is 116 Å². The number of hydrogen-bond acceptors (Lipinski definition) is 8. The van der Waals surface area contributed by atoms with Crippen molar-refractivity contribution in [1.82, 2.24) is 29.7 Å². The first kappa shape index (κ1) is 14.1. The normalized spacial score (nSPS) is 12.3. The maximum absolute atomic E-state index is 8.94. The van der Waals surface area contributed by atoms with Crippen LogP contribution >= 0.6 is 0 Å². The van der Waals surface area contributed by atoms with Crippen LogP contribution in [0.4, 0.5) is 11.9 Å². The third-order valence-electron chi connectivity index (χ3n) is 2.73. The molecule has 0 aliphatic carbocycles. The SMILES string of the molecule is CC(CO)CCCNc1nc(N)nc(-n2cncn2)n1. The van der Waals surface area contributed by atoms with E-state index in [0.29, 0.717) is 24.4 Å². The van der Waals surface area contributed by atoms with Gasteiger partial charge in [-0.1, -0.05) is 6.92 Å². The van der Waals surface area contributed by atoms with Crippen molar-refractivity contribution in [2.24, 2.45) is 5.92 Å². The predicted molar refractivity (Wildman–Crippen MR) is 73.1 cm³/mol. The molecule has 2 aromatic rings. The maximum Gasteiger partial charge on any atom is 0.258 e. The van der Waals surface area contributed by atoms with Gasteiger partial charge in [-0.2, -0.15) is 24.7 Å². The molecule has 2 heterocycles. The van der Waals surface area contributed by atoms with Gasteiger partial charge >= 0.3 is 0 Å². The van der Waals surface area contributed by atoms with E-state index in [4.69, 9.17) is 10.8 Å². The molecule has 9 nitrogen and oxygen atoms in total. The Balaban J connectivity index is 1.95. The number of aromatic nitrogens is 6. The van der Waals surface area contributed by atoms with E-state index in [0.717, 1.165) is 12.8 Å². The van der Waals surface area contributed by atoms with Crippen LogP contribution in [-0.4, -0.2) is 48.0 Å². The predicted octanol–water partition coefficient (Wildman–Crippen LogP) is -0.145. The second-order valence-electron chi connectivity index (χ2n) is 4.51. The highest BCUT2D eigenvalue weighted by atomic mass is 16.3. The summed E-state index contributed by atoms with van der Waals surface area (Å²) in [5.74, 6) is 1.14. The Hall–Kier alpha value is -2.29. The molecule has 4 N–H and O–H groups in total. The zero-order valence-electron chi connectivity index (χ0n) is 11.3. The van der Waals surface area contributed by atoms with Gasteiger partial charge in [-0.25, -0.2) is 4.98 Å². The minimum atomic E-state index is 0.122. The maximum atomic E-state index is 8.94. The van der Waals surface area contributed by atoms with Gasteiger partial charge in [0.2, 0.25) is 11.9 Å². The van der Waals surface area contributed by atoms with Gasteiger partial charge in [-0.05, 0) is 18.8 Å². The van der Waals surface area contributed by atoms with Crippen LogP contribution < -0.4 is 11.1 Å². The van der Waals surface area contributed by atoms with E-state index in [9.17, 15) is 0 Å². The average molecular weight is 278 g/mol. The number of aliphatic hydroxyl groups is 1. The Kier molecular flexibility index (Phi) is 4.77. The van der Waals surface area contributed by atoms with Crippen LogP contribution in [0.2, 0.25) is 0 Å². The highest BCUT2D eigenvalue weighted by Gasteiger charge is 2.07. The fourth-order valence-corrected chi connectivity index (χ4v) is 1.62. The third-order valence-corrected chi connectivity index (χ3v) is 2.73. The fourth-order valence-electron chi connectivity index (χ4n) is 1.62. The first-order chi connectivity index (χ1) is 9.69. The second kappa shape index (κ2) is 6.75. The van der Waals surface area contributed by atoms with Crippen LogP contribution in [0.25, 0.3) is 5.95 Å². The minimum absolute atomic E-state index is 0.122. The van der Waals surface area contributed by atoms with E-state index < -0.39 is 0 Å². The standard InChI is InChI=1S/C11H18N8O/c1-8(5-20)3-2-4-14-10-16-9(12)17-11(18-10)19-7-13-6-15-19/h6-8,20H,2-5H2,1H3,(H3,12,14,16,17,18). The Morgan fingerprint density at radius 2 is 2.25 bits per heavy atom. The van der Waals surface area contributed by atoms with E-state index in [-0.39, 0.29) is 12.6 Å². The zero-order chi connectivity index (χ0) is 14.4. The Morgan fingerprint density at radius 3 is 2.95 bits per heavy atom. The van der Waals surface area contributed by atoms with E-state index in [1.165, 1.54) is 17.3 Å². The van der Waals surface area contributed by atoms with Crippen molar-refractivity contribution in [3.8, 4) is 5.95 Å². The zero-order valence-corrected chi connectivity index (χ0v) is 11.3. The monoisotopic (exact) mass is 278 g/mol. The molecule has 0 aliphatic rings. The van der Waals surface area contributed by atoms with Crippen LogP contribution in [0.5, 0.6) is 0 Å². The molecule has 0 amide bonds. The van der Waals surface area contributed by atoms with Gasteiger partial charge < -0.3 is 16.2 Å². The number of nitrogen functional groups attached to an aromatic ring is 1. The molecule has 1 unspecified atom stereocenters. The summed E-state index contributed by atoms with van der Waals surface area (Å²) >= 11 is 0. The molecule has 0 aliphatic heterocycles. The Morgan fingerprint density at radius 1 is 1.40 bits per heavy atom. The molecular formula is C11H18N8O. The molecule has 0 fully saturated rings. The van der Waals surface area contributed by atoms with Crippen molar-refractivity contribution >= 4 is 11.9 Å². The van der Waals surface area contributed by atoms with E-state index in [1.807, 2.05) is 6.92 Å².